The van der Waals surface area contributed by atoms with Crippen LogP contribution in [-0.2, 0) is 16.2 Å². The molecule has 3 aliphatic rings. The van der Waals surface area contributed by atoms with Crippen molar-refractivity contribution in [2.45, 2.75) is 71.6 Å². The molecule has 0 fully saturated rings. The maximum atomic E-state index is 2.69. The molecule has 7 aromatic carbocycles. The highest BCUT2D eigenvalue weighted by Crippen LogP contribution is 2.53. The van der Waals surface area contributed by atoms with Gasteiger partial charge in [0.25, 0.3) is 0 Å². The Morgan fingerprint density at radius 1 is 0.526 bits per heavy atom. The number of hydrogen-bond donors (Lipinski definition) is 0. The van der Waals surface area contributed by atoms with Crippen molar-refractivity contribution in [2.75, 3.05) is 4.81 Å². The summed E-state index contributed by atoms with van der Waals surface area (Å²) in [5, 5.41) is 5.34. The molecule has 57 heavy (non-hydrogen) atoms. The molecule has 0 unspecified atom stereocenters. The van der Waals surface area contributed by atoms with Crippen molar-refractivity contribution in [3.63, 3.8) is 0 Å². The zero-order valence-corrected chi connectivity index (χ0v) is 34.8. The van der Waals surface area contributed by atoms with Gasteiger partial charge < -0.3 is 9.38 Å². The van der Waals surface area contributed by atoms with Crippen LogP contribution in [0.3, 0.4) is 0 Å². The van der Waals surface area contributed by atoms with Gasteiger partial charge in [0, 0.05) is 59.0 Å². The van der Waals surface area contributed by atoms with E-state index in [1.165, 1.54) is 114 Å². The minimum atomic E-state index is -0.0873. The fourth-order valence-electron chi connectivity index (χ4n) is 10.7. The molecule has 0 radical (unpaired) electrons. The molecular formula is C53H45BN2S. The third-order valence-corrected chi connectivity index (χ3v) is 14.8. The second-order valence-corrected chi connectivity index (χ2v) is 20.5. The second kappa shape index (κ2) is 10.9. The molecular weight excluding hydrogens is 707 g/mol. The lowest BCUT2D eigenvalue weighted by atomic mass is 9.43. The van der Waals surface area contributed by atoms with E-state index in [0.717, 1.165) is 0 Å². The molecule has 0 N–H and O–H groups in total. The zero-order valence-electron chi connectivity index (χ0n) is 34.0. The molecule has 2 aromatic heterocycles. The van der Waals surface area contributed by atoms with E-state index in [4.69, 9.17) is 0 Å². The first-order valence-corrected chi connectivity index (χ1v) is 21.4. The molecule has 276 valence electrons. The van der Waals surface area contributed by atoms with E-state index in [9.17, 15) is 0 Å². The van der Waals surface area contributed by atoms with Crippen molar-refractivity contribution in [3.05, 3.63) is 150 Å². The molecule has 2 aliphatic heterocycles. The van der Waals surface area contributed by atoms with E-state index in [-0.39, 0.29) is 23.1 Å². The Kier molecular flexibility index (Phi) is 6.40. The van der Waals surface area contributed by atoms with Crippen LogP contribution in [0.5, 0.6) is 0 Å². The standard InChI is InChI=1S/C53H45BN2S/c1-51(2,3)30-17-20-32(21-18-30)56-46-29-48-40(34-14-10-12-16-47(34)57-48)27-38(46)35-22-23-36-39-26-37-33-13-9-11-15-41(33)53(7,8)42(37)28-45(39)55-44-24-19-31(52(4,5)6)25-43(44)54(56)49(35)50(36)55/h9-29H,1-8H3. The van der Waals surface area contributed by atoms with Gasteiger partial charge in [0.2, 0.25) is 0 Å². The Morgan fingerprint density at radius 2 is 1.25 bits per heavy atom. The highest BCUT2D eigenvalue weighted by atomic mass is 32.1. The normalized spacial score (nSPS) is 15.1. The average molecular weight is 753 g/mol. The van der Waals surface area contributed by atoms with Gasteiger partial charge in [0.15, 0.2) is 0 Å². The van der Waals surface area contributed by atoms with Crippen LogP contribution < -0.4 is 15.7 Å². The molecule has 0 saturated carbocycles. The Balaban J connectivity index is 1.24. The fourth-order valence-corrected chi connectivity index (χ4v) is 11.8. The van der Waals surface area contributed by atoms with Crippen molar-refractivity contribution in [1.82, 2.24) is 4.57 Å². The summed E-state index contributed by atoms with van der Waals surface area (Å²) >= 11 is 1.91. The Labute approximate surface area is 339 Å². The molecule has 0 amide bonds. The fraction of sp³-hybridized carbons (Fsp3) is 0.208. The van der Waals surface area contributed by atoms with Crippen LogP contribution in [0.4, 0.5) is 11.4 Å². The second-order valence-electron chi connectivity index (χ2n) is 19.4. The van der Waals surface area contributed by atoms with Crippen LogP contribution >= 0.6 is 11.3 Å². The van der Waals surface area contributed by atoms with E-state index in [1.807, 2.05) is 11.3 Å². The number of aromatic nitrogens is 1. The predicted molar refractivity (Wildman–Crippen MR) is 248 cm³/mol. The van der Waals surface area contributed by atoms with Gasteiger partial charge in [-0.2, -0.15) is 0 Å². The molecule has 1 aliphatic carbocycles. The first-order valence-electron chi connectivity index (χ1n) is 20.5. The van der Waals surface area contributed by atoms with E-state index >= 15 is 0 Å². The van der Waals surface area contributed by atoms with Crippen LogP contribution in [0.2, 0.25) is 0 Å². The molecule has 4 heterocycles. The first kappa shape index (κ1) is 33.6. The van der Waals surface area contributed by atoms with Crippen LogP contribution in [0.15, 0.2) is 127 Å². The summed E-state index contributed by atoms with van der Waals surface area (Å²) in [5.41, 5.74) is 20.1. The number of anilines is 2. The number of thiophene rings is 1. The summed E-state index contributed by atoms with van der Waals surface area (Å²) in [5.74, 6) is 0. The Bertz CT molecular complexity index is 3230. The van der Waals surface area contributed by atoms with Gasteiger partial charge in [-0.05, 0) is 109 Å². The number of nitrogens with zero attached hydrogens (tertiary/aromatic N) is 2. The number of fused-ring (bicyclic) bond motifs is 14. The quantitative estimate of drug-likeness (QED) is 0.152. The van der Waals surface area contributed by atoms with Crippen molar-refractivity contribution < 1.29 is 0 Å². The van der Waals surface area contributed by atoms with Crippen LogP contribution in [0.25, 0.3) is 69.9 Å². The third kappa shape index (κ3) is 4.37. The highest BCUT2D eigenvalue weighted by molar-refractivity contribution is 7.25. The molecule has 0 spiro atoms. The average Bonchev–Trinajstić information content (AvgIpc) is 3.80. The molecule has 2 nitrogen and oxygen atoms in total. The summed E-state index contributed by atoms with van der Waals surface area (Å²) < 4.78 is 5.32. The van der Waals surface area contributed by atoms with E-state index < -0.39 is 0 Å². The lowest BCUT2D eigenvalue weighted by molar-refractivity contribution is 0.590. The third-order valence-electron chi connectivity index (χ3n) is 13.7. The van der Waals surface area contributed by atoms with Gasteiger partial charge in [-0.3, -0.25) is 0 Å². The summed E-state index contributed by atoms with van der Waals surface area (Å²) in [6.07, 6.45) is 0. The number of hydrogen-bond acceptors (Lipinski definition) is 2. The van der Waals surface area contributed by atoms with E-state index in [1.54, 1.807) is 0 Å². The topological polar surface area (TPSA) is 8.17 Å². The molecule has 4 heteroatoms. The summed E-state index contributed by atoms with van der Waals surface area (Å²) in [4.78, 5) is 2.69. The van der Waals surface area contributed by atoms with Gasteiger partial charge in [-0.15, -0.1) is 11.3 Å². The van der Waals surface area contributed by atoms with Gasteiger partial charge in [-0.25, -0.2) is 0 Å². The summed E-state index contributed by atoms with van der Waals surface area (Å²) in [7, 11) is 0. The molecule has 0 saturated heterocycles. The predicted octanol–water partition coefficient (Wildman–Crippen LogP) is 13.3. The lowest BCUT2D eigenvalue weighted by Crippen LogP contribution is -2.60. The smallest absolute Gasteiger partial charge is 0.333 e. The zero-order chi connectivity index (χ0) is 38.9. The highest BCUT2D eigenvalue weighted by Gasteiger charge is 2.45. The molecule has 0 bridgehead atoms. The van der Waals surface area contributed by atoms with Crippen molar-refractivity contribution >= 4 is 82.5 Å². The molecule has 12 rings (SSSR count). The monoisotopic (exact) mass is 752 g/mol. The van der Waals surface area contributed by atoms with E-state index in [0.29, 0.717) is 0 Å². The molecule has 9 aromatic rings. The van der Waals surface area contributed by atoms with Crippen molar-refractivity contribution in [3.8, 4) is 27.9 Å². The first-order chi connectivity index (χ1) is 27.3. The van der Waals surface area contributed by atoms with Crippen LogP contribution in [-0.4, -0.2) is 11.4 Å². The van der Waals surface area contributed by atoms with Gasteiger partial charge in [0.1, 0.15) is 0 Å². The maximum Gasteiger partial charge on any atom is 0.333 e. The van der Waals surface area contributed by atoms with E-state index in [2.05, 4.69) is 192 Å². The number of rotatable bonds is 1. The minimum absolute atomic E-state index is 0.00543. The Morgan fingerprint density at radius 3 is 2.04 bits per heavy atom. The minimum Gasteiger partial charge on any atom is -0.376 e. The van der Waals surface area contributed by atoms with Crippen LogP contribution in [0, 0.1) is 0 Å². The van der Waals surface area contributed by atoms with Gasteiger partial charge in [0.05, 0.1) is 11.0 Å². The largest absolute Gasteiger partial charge is 0.376 e. The SMILES string of the molecule is CC(C)(C)c1ccc(N2B3c4cc(C(C)(C)C)ccc4-n4c5cc6c(cc5c5ccc(c3c54)-c3cc4c(cc32)sc2ccccc24)-c2ccccc2C6(C)C)cc1. The van der Waals surface area contributed by atoms with Crippen molar-refractivity contribution in [2.24, 2.45) is 0 Å². The maximum absolute atomic E-state index is 2.69. The van der Waals surface area contributed by atoms with Gasteiger partial charge >= 0.3 is 6.85 Å². The number of benzene rings is 7. The molecule has 0 atom stereocenters. The Hall–Kier alpha value is -5.58. The van der Waals surface area contributed by atoms with Gasteiger partial charge in [-0.1, -0.05) is 134 Å². The summed E-state index contributed by atoms with van der Waals surface area (Å²) in [6, 6.07) is 49.8. The van der Waals surface area contributed by atoms with Crippen molar-refractivity contribution in [1.29, 1.82) is 0 Å². The van der Waals surface area contributed by atoms with Crippen LogP contribution in [0.1, 0.15) is 77.6 Å². The lowest BCUT2D eigenvalue weighted by Gasteiger charge is -2.42. The summed E-state index contributed by atoms with van der Waals surface area (Å²) in [6.45, 7) is 18.8.